The van der Waals surface area contributed by atoms with Crippen LogP contribution < -0.4 is 5.32 Å². The number of aryl methyl sites for hydroxylation is 1. The number of aromatic nitrogens is 2. The summed E-state index contributed by atoms with van der Waals surface area (Å²) in [5, 5.41) is 8.13. The summed E-state index contributed by atoms with van der Waals surface area (Å²) in [7, 11) is 0. The highest BCUT2D eigenvalue weighted by Gasteiger charge is 2.18. The summed E-state index contributed by atoms with van der Waals surface area (Å²) in [6, 6.07) is 14.4. The maximum atomic E-state index is 13.6. The average molecular weight is 432 g/mol. The molecule has 7 heteroatoms. The van der Waals surface area contributed by atoms with Crippen LogP contribution in [0.3, 0.4) is 0 Å². The number of hydrogen-bond acceptors (Lipinski definition) is 3. The largest absolute Gasteiger partial charge is 0.351 e. The summed E-state index contributed by atoms with van der Waals surface area (Å²) in [6.45, 7) is 4.74. The van der Waals surface area contributed by atoms with E-state index < -0.39 is 0 Å². The molecule has 0 radical (unpaired) electrons. The van der Waals surface area contributed by atoms with E-state index in [9.17, 15) is 9.18 Å². The Balaban J connectivity index is 1.55. The van der Waals surface area contributed by atoms with Gasteiger partial charge >= 0.3 is 0 Å². The first-order valence-electron chi connectivity index (χ1n) is 9.34. The molecule has 0 fully saturated rings. The van der Waals surface area contributed by atoms with E-state index in [1.807, 2.05) is 44.2 Å². The number of amides is 1. The maximum absolute atomic E-state index is 13.6. The number of nitrogens with one attached hydrogen (secondary N) is 1. The number of carbonyl (C=O) groups is 1. The molecule has 2 aromatic carbocycles. The molecular formula is C22H23ClFN3OS. The zero-order chi connectivity index (χ0) is 20.8. The van der Waals surface area contributed by atoms with Crippen LogP contribution in [0, 0.1) is 19.7 Å². The Labute approximate surface area is 179 Å². The van der Waals surface area contributed by atoms with Crippen LogP contribution in [0.1, 0.15) is 32.9 Å². The van der Waals surface area contributed by atoms with Gasteiger partial charge in [0.15, 0.2) is 0 Å². The quantitative estimate of drug-likeness (QED) is 0.510. The van der Waals surface area contributed by atoms with Crippen LogP contribution in [-0.2, 0) is 12.3 Å². The predicted octanol–water partition coefficient (Wildman–Crippen LogP) is 5.00. The fraction of sp³-hybridized carbons (Fsp3) is 0.273. The summed E-state index contributed by atoms with van der Waals surface area (Å²) in [5.74, 6) is 0.945. The molecular weight excluding hydrogens is 409 g/mol. The summed E-state index contributed by atoms with van der Waals surface area (Å²) in [4.78, 5) is 12.6. The molecule has 0 saturated heterocycles. The minimum Gasteiger partial charge on any atom is -0.351 e. The first-order chi connectivity index (χ1) is 14.0. The Hall–Kier alpha value is -2.31. The summed E-state index contributed by atoms with van der Waals surface area (Å²) in [6.07, 6.45) is 0. The van der Waals surface area contributed by atoms with Gasteiger partial charge in [0.05, 0.1) is 17.8 Å². The van der Waals surface area contributed by atoms with Gasteiger partial charge in [0.1, 0.15) is 5.82 Å². The molecule has 0 aliphatic carbocycles. The van der Waals surface area contributed by atoms with E-state index in [-0.39, 0.29) is 11.7 Å². The molecule has 1 aromatic heterocycles. The van der Waals surface area contributed by atoms with Crippen molar-refractivity contribution >= 4 is 29.3 Å². The van der Waals surface area contributed by atoms with E-state index in [1.165, 1.54) is 6.07 Å². The van der Waals surface area contributed by atoms with Crippen molar-refractivity contribution in [1.82, 2.24) is 15.1 Å². The topological polar surface area (TPSA) is 46.9 Å². The van der Waals surface area contributed by atoms with Crippen molar-refractivity contribution < 1.29 is 9.18 Å². The number of nitrogens with zero attached hydrogens (tertiary/aromatic N) is 2. The van der Waals surface area contributed by atoms with Crippen LogP contribution in [0.15, 0.2) is 48.5 Å². The first kappa shape index (κ1) is 21.4. The van der Waals surface area contributed by atoms with E-state index in [4.69, 9.17) is 11.6 Å². The molecule has 0 spiro atoms. The lowest BCUT2D eigenvalue weighted by atomic mass is 10.1. The van der Waals surface area contributed by atoms with Gasteiger partial charge in [-0.1, -0.05) is 48.0 Å². The van der Waals surface area contributed by atoms with Crippen molar-refractivity contribution in [2.75, 3.05) is 12.3 Å². The molecule has 0 saturated carbocycles. The van der Waals surface area contributed by atoms with Crippen molar-refractivity contribution in [3.8, 4) is 0 Å². The van der Waals surface area contributed by atoms with Crippen LogP contribution in [0.5, 0.6) is 0 Å². The third kappa shape index (κ3) is 5.40. The molecule has 1 amide bonds. The fourth-order valence-corrected chi connectivity index (χ4v) is 4.13. The number of rotatable bonds is 8. The van der Waals surface area contributed by atoms with E-state index in [2.05, 4.69) is 10.4 Å². The predicted molar refractivity (Wildman–Crippen MR) is 117 cm³/mol. The molecule has 0 unspecified atom stereocenters. The van der Waals surface area contributed by atoms with Crippen LogP contribution >= 0.6 is 23.4 Å². The molecule has 0 atom stereocenters. The van der Waals surface area contributed by atoms with Gasteiger partial charge in [-0.2, -0.15) is 16.9 Å². The van der Waals surface area contributed by atoms with E-state index in [0.717, 1.165) is 11.3 Å². The molecule has 29 heavy (non-hydrogen) atoms. The minimum atomic E-state index is -0.193. The Morgan fingerprint density at radius 3 is 2.55 bits per heavy atom. The molecule has 3 aromatic rings. The van der Waals surface area contributed by atoms with Crippen LogP contribution in [0.4, 0.5) is 4.39 Å². The monoisotopic (exact) mass is 431 g/mol. The zero-order valence-electron chi connectivity index (χ0n) is 16.4. The van der Waals surface area contributed by atoms with Gasteiger partial charge in [0, 0.05) is 28.8 Å². The highest BCUT2D eigenvalue weighted by Crippen LogP contribution is 2.20. The van der Waals surface area contributed by atoms with Gasteiger partial charge in [-0.05, 0) is 37.1 Å². The van der Waals surface area contributed by atoms with Gasteiger partial charge in [-0.25, -0.2) is 4.39 Å². The molecule has 0 aliphatic heterocycles. The van der Waals surface area contributed by atoms with Crippen molar-refractivity contribution in [1.29, 1.82) is 0 Å². The number of benzene rings is 2. The molecule has 3 rings (SSSR count). The Morgan fingerprint density at radius 1 is 1.14 bits per heavy atom. The lowest BCUT2D eigenvalue weighted by molar-refractivity contribution is 0.0955. The Kier molecular flexibility index (Phi) is 7.34. The molecule has 1 N–H and O–H groups in total. The summed E-state index contributed by atoms with van der Waals surface area (Å²) in [5.41, 5.74) is 3.72. The summed E-state index contributed by atoms with van der Waals surface area (Å²) >= 11 is 7.83. The van der Waals surface area contributed by atoms with Gasteiger partial charge < -0.3 is 5.32 Å². The highest BCUT2D eigenvalue weighted by molar-refractivity contribution is 7.98. The minimum absolute atomic E-state index is 0.142. The smallest absolute Gasteiger partial charge is 0.255 e. The van der Waals surface area contributed by atoms with Gasteiger partial charge in [-0.3, -0.25) is 9.48 Å². The van der Waals surface area contributed by atoms with Crippen LogP contribution in [0.25, 0.3) is 0 Å². The molecule has 152 valence electrons. The van der Waals surface area contributed by atoms with Gasteiger partial charge in [0.2, 0.25) is 0 Å². The van der Waals surface area contributed by atoms with E-state index in [1.54, 1.807) is 28.6 Å². The normalized spacial score (nSPS) is 10.9. The molecule has 4 nitrogen and oxygen atoms in total. The fourth-order valence-electron chi connectivity index (χ4n) is 3.09. The van der Waals surface area contributed by atoms with E-state index >= 15 is 0 Å². The van der Waals surface area contributed by atoms with Crippen molar-refractivity contribution in [3.05, 3.63) is 87.4 Å². The second-order valence-corrected chi connectivity index (χ2v) is 8.21. The van der Waals surface area contributed by atoms with Crippen molar-refractivity contribution in [3.63, 3.8) is 0 Å². The summed E-state index contributed by atoms with van der Waals surface area (Å²) < 4.78 is 15.4. The third-order valence-electron chi connectivity index (χ3n) is 4.63. The second kappa shape index (κ2) is 9.94. The average Bonchev–Trinajstić information content (AvgIpc) is 2.98. The van der Waals surface area contributed by atoms with Gasteiger partial charge in [-0.15, -0.1) is 0 Å². The van der Waals surface area contributed by atoms with Gasteiger partial charge in [0.25, 0.3) is 5.91 Å². The van der Waals surface area contributed by atoms with Crippen LogP contribution in [0.2, 0.25) is 5.02 Å². The van der Waals surface area contributed by atoms with Crippen molar-refractivity contribution in [2.24, 2.45) is 0 Å². The Morgan fingerprint density at radius 2 is 1.83 bits per heavy atom. The first-order valence-corrected chi connectivity index (χ1v) is 10.9. The standard InChI is InChI=1S/C22H23ClFN3OS/c1-15-21(16(2)27(26-15)13-17-7-3-5-9-19(17)23)22(28)25-11-12-29-14-18-8-4-6-10-20(18)24/h3-10H,11-14H2,1-2H3,(H,25,28). The zero-order valence-corrected chi connectivity index (χ0v) is 18.0. The number of thioether (sulfide) groups is 1. The van der Waals surface area contributed by atoms with Crippen molar-refractivity contribution in [2.45, 2.75) is 26.1 Å². The van der Waals surface area contributed by atoms with Crippen LogP contribution in [-0.4, -0.2) is 28.0 Å². The number of hydrogen-bond donors (Lipinski definition) is 1. The molecule has 1 heterocycles. The highest BCUT2D eigenvalue weighted by atomic mass is 35.5. The number of carbonyl (C=O) groups excluding carboxylic acids is 1. The SMILES string of the molecule is Cc1nn(Cc2ccccc2Cl)c(C)c1C(=O)NCCSCc1ccccc1F. The molecule has 0 bridgehead atoms. The molecule has 0 aliphatic rings. The maximum Gasteiger partial charge on any atom is 0.255 e. The lowest BCUT2D eigenvalue weighted by Gasteiger charge is -2.08. The second-order valence-electron chi connectivity index (χ2n) is 6.69. The Bertz CT molecular complexity index is 1010. The lowest BCUT2D eigenvalue weighted by Crippen LogP contribution is -2.26. The number of halogens is 2. The van der Waals surface area contributed by atoms with E-state index in [0.29, 0.717) is 46.4 Å². The third-order valence-corrected chi connectivity index (χ3v) is 6.01.